The molecule has 1 heterocycles. The van der Waals surface area contributed by atoms with Crippen LogP contribution in [0.4, 0.5) is 0 Å². The molecule has 3 nitrogen and oxygen atoms in total. The average Bonchev–Trinajstić information content (AvgIpc) is 3.04. The summed E-state index contributed by atoms with van der Waals surface area (Å²) in [7, 11) is 1.86. The molecule has 114 valence electrons. The van der Waals surface area contributed by atoms with Crippen LogP contribution in [-0.4, -0.2) is 30.4 Å². The monoisotopic (exact) mass is 326 g/mol. The number of amides is 1. The fourth-order valence-electron chi connectivity index (χ4n) is 3.69. The van der Waals surface area contributed by atoms with E-state index in [0.29, 0.717) is 28.4 Å². The zero-order valence-electron chi connectivity index (χ0n) is 12.1. The van der Waals surface area contributed by atoms with Gasteiger partial charge in [0.2, 0.25) is 5.91 Å². The van der Waals surface area contributed by atoms with Gasteiger partial charge in [-0.25, -0.2) is 0 Å². The number of nitrogens with zero attached hydrogens (tertiary/aromatic N) is 1. The standard InChI is InChI=1S/C16H20Cl2N2O/c1-20(9-10-5-6-13(17)14(18)7-10)16(21)15-12-4-2-3-11(12)8-19-15/h5-7,11-12,15,19H,2-4,8-9H2,1H3. The van der Waals surface area contributed by atoms with Gasteiger partial charge in [0.05, 0.1) is 16.1 Å². The number of hydrogen-bond acceptors (Lipinski definition) is 2. The zero-order valence-corrected chi connectivity index (χ0v) is 13.6. The number of benzene rings is 1. The first-order valence-electron chi connectivity index (χ1n) is 7.48. The number of carbonyl (C=O) groups is 1. The lowest BCUT2D eigenvalue weighted by atomic mass is 9.93. The number of carbonyl (C=O) groups excluding carboxylic acids is 1. The van der Waals surface area contributed by atoms with Crippen molar-refractivity contribution >= 4 is 29.1 Å². The number of halogens is 2. The fraction of sp³-hybridized carbons (Fsp3) is 0.562. The van der Waals surface area contributed by atoms with Gasteiger partial charge in [0.15, 0.2) is 0 Å². The van der Waals surface area contributed by atoms with Crippen molar-refractivity contribution in [2.24, 2.45) is 11.8 Å². The quantitative estimate of drug-likeness (QED) is 0.923. The molecule has 1 saturated carbocycles. The first kappa shape index (κ1) is 15.1. The van der Waals surface area contributed by atoms with Crippen molar-refractivity contribution in [3.63, 3.8) is 0 Å². The second-order valence-electron chi connectivity index (χ2n) is 6.18. The molecule has 3 unspecified atom stereocenters. The maximum absolute atomic E-state index is 12.6. The van der Waals surface area contributed by atoms with Gasteiger partial charge in [-0.1, -0.05) is 35.7 Å². The molecule has 3 atom stereocenters. The van der Waals surface area contributed by atoms with Gasteiger partial charge in [-0.2, -0.15) is 0 Å². The minimum atomic E-state index is -0.00901. The van der Waals surface area contributed by atoms with Crippen LogP contribution in [0.25, 0.3) is 0 Å². The number of fused-ring (bicyclic) bond motifs is 1. The normalized spacial score (nSPS) is 27.7. The Kier molecular flexibility index (Phi) is 4.43. The van der Waals surface area contributed by atoms with Crippen molar-refractivity contribution < 1.29 is 4.79 Å². The Hall–Kier alpha value is -0.770. The summed E-state index contributed by atoms with van der Waals surface area (Å²) in [5.41, 5.74) is 1.00. The highest BCUT2D eigenvalue weighted by Gasteiger charge is 2.43. The molecule has 0 spiro atoms. The molecular formula is C16H20Cl2N2O. The molecule has 1 aromatic carbocycles. The average molecular weight is 327 g/mol. The van der Waals surface area contributed by atoms with Crippen LogP contribution < -0.4 is 5.32 Å². The predicted octanol–water partition coefficient (Wildman–Crippen LogP) is 3.34. The smallest absolute Gasteiger partial charge is 0.240 e. The lowest BCUT2D eigenvalue weighted by Crippen LogP contribution is -2.44. The Morgan fingerprint density at radius 1 is 1.33 bits per heavy atom. The van der Waals surface area contributed by atoms with E-state index in [4.69, 9.17) is 23.2 Å². The van der Waals surface area contributed by atoms with Crippen LogP contribution in [0.2, 0.25) is 10.0 Å². The van der Waals surface area contributed by atoms with E-state index < -0.39 is 0 Å². The third kappa shape index (κ3) is 3.05. The molecule has 1 saturated heterocycles. The van der Waals surface area contributed by atoms with Crippen molar-refractivity contribution in [1.82, 2.24) is 10.2 Å². The predicted molar refractivity (Wildman–Crippen MR) is 85.6 cm³/mol. The van der Waals surface area contributed by atoms with E-state index in [2.05, 4.69) is 5.32 Å². The van der Waals surface area contributed by atoms with E-state index in [1.165, 1.54) is 19.3 Å². The molecule has 1 aromatic rings. The van der Waals surface area contributed by atoms with Crippen molar-refractivity contribution in [2.45, 2.75) is 31.8 Å². The minimum absolute atomic E-state index is 0.00901. The fourth-order valence-corrected chi connectivity index (χ4v) is 4.01. The molecule has 1 N–H and O–H groups in total. The van der Waals surface area contributed by atoms with Crippen molar-refractivity contribution in [3.05, 3.63) is 33.8 Å². The summed E-state index contributed by atoms with van der Waals surface area (Å²) in [6.45, 7) is 1.55. The van der Waals surface area contributed by atoms with Gasteiger partial charge >= 0.3 is 0 Å². The minimum Gasteiger partial charge on any atom is -0.340 e. The number of likely N-dealkylation sites (N-methyl/N-ethyl adjacent to an activating group) is 1. The lowest BCUT2D eigenvalue weighted by molar-refractivity contribution is -0.133. The molecule has 2 fully saturated rings. The van der Waals surface area contributed by atoms with Crippen LogP contribution >= 0.6 is 23.2 Å². The van der Waals surface area contributed by atoms with Crippen LogP contribution in [0.15, 0.2) is 18.2 Å². The SMILES string of the molecule is CN(Cc1ccc(Cl)c(Cl)c1)C(=O)C1NCC2CCCC21. The van der Waals surface area contributed by atoms with Crippen LogP contribution in [0.3, 0.4) is 0 Å². The summed E-state index contributed by atoms with van der Waals surface area (Å²) in [5, 5.41) is 4.48. The summed E-state index contributed by atoms with van der Waals surface area (Å²) < 4.78 is 0. The highest BCUT2D eigenvalue weighted by atomic mass is 35.5. The van der Waals surface area contributed by atoms with E-state index in [1.54, 1.807) is 11.0 Å². The molecule has 5 heteroatoms. The molecular weight excluding hydrogens is 307 g/mol. The van der Waals surface area contributed by atoms with E-state index in [1.807, 2.05) is 19.2 Å². The second-order valence-corrected chi connectivity index (χ2v) is 7.00. The van der Waals surface area contributed by atoms with Gasteiger partial charge in [0, 0.05) is 13.6 Å². The van der Waals surface area contributed by atoms with Gasteiger partial charge in [0.25, 0.3) is 0 Å². The molecule has 1 amide bonds. The number of rotatable bonds is 3. The maximum Gasteiger partial charge on any atom is 0.240 e. The van der Waals surface area contributed by atoms with Gasteiger partial charge in [0.1, 0.15) is 0 Å². The Labute approximate surface area is 135 Å². The molecule has 0 radical (unpaired) electrons. The molecule has 0 bridgehead atoms. The Balaban J connectivity index is 1.65. The highest BCUT2D eigenvalue weighted by Crippen LogP contribution is 2.38. The number of nitrogens with one attached hydrogen (secondary N) is 1. The third-order valence-electron chi connectivity index (χ3n) is 4.79. The van der Waals surface area contributed by atoms with Crippen molar-refractivity contribution in [2.75, 3.05) is 13.6 Å². The van der Waals surface area contributed by atoms with Gasteiger partial charge in [-0.15, -0.1) is 0 Å². The van der Waals surface area contributed by atoms with Gasteiger partial charge in [-0.3, -0.25) is 4.79 Å². The summed E-state index contributed by atoms with van der Waals surface area (Å²) in [5.74, 6) is 1.40. The van der Waals surface area contributed by atoms with E-state index in [-0.39, 0.29) is 11.9 Å². The molecule has 2 aliphatic rings. The topological polar surface area (TPSA) is 32.3 Å². The largest absolute Gasteiger partial charge is 0.340 e. The molecule has 0 aromatic heterocycles. The Morgan fingerprint density at radius 2 is 2.14 bits per heavy atom. The summed E-state index contributed by atoms with van der Waals surface area (Å²) >= 11 is 12.0. The van der Waals surface area contributed by atoms with Crippen LogP contribution in [0.5, 0.6) is 0 Å². The zero-order chi connectivity index (χ0) is 15.0. The lowest BCUT2D eigenvalue weighted by Gasteiger charge is -2.25. The Morgan fingerprint density at radius 3 is 2.90 bits per heavy atom. The summed E-state index contributed by atoms with van der Waals surface area (Å²) in [6, 6.07) is 5.51. The van der Waals surface area contributed by atoms with Crippen LogP contribution in [0.1, 0.15) is 24.8 Å². The molecule has 1 aliphatic carbocycles. The molecule has 1 aliphatic heterocycles. The van der Waals surface area contributed by atoms with Crippen LogP contribution in [-0.2, 0) is 11.3 Å². The summed E-state index contributed by atoms with van der Waals surface area (Å²) in [6.07, 6.45) is 3.70. The number of hydrogen-bond donors (Lipinski definition) is 1. The van der Waals surface area contributed by atoms with E-state index in [9.17, 15) is 4.79 Å². The molecule has 3 rings (SSSR count). The van der Waals surface area contributed by atoms with E-state index >= 15 is 0 Å². The van der Waals surface area contributed by atoms with Gasteiger partial charge < -0.3 is 10.2 Å². The summed E-state index contributed by atoms with van der Waals surface area (Å²) in [4.78, 5) is 14.4. The van der Waals surface area contributed by atoms with Crippen molar-refractivity contribution in [1.29, 1.82) is 0 Å². The van der Waals surface area contributed by atoms with Crippen LogP contribution in [0, 0.1) is 11.8 Å². The Bertz CT molecular complexity index is 549. The van der Waals surface area contributed by atoms with E-state index in [0.717, 1.165) is 12.1 Å². The van der Waals surface area contributed by atoms with Gasteiger partial charge in [-0.05, 0) is 48.9 Å². The first-order valence-corrected chi connectivity index (χ1v) is 8.24. The molecule has 21 heavy (non-hydrogen) atoms. The maximum atomic E-state index is 12.6. The first-order chi connectivity index (χ1) is 10.1. The second kappa shape index (κ2) is 6.15. The third-order valence-corrected chi connectivity index (χ3v) is 5.53. The van der Waals surface area contributed by atoms with Crippen molar-refractivity contribution in [3.8, 4) is 0 Å². The highest BCUT2D eigenvalue weighted by molar-refractivity contribution is 6.42.